The number of allylic oxidation sites excluding steroid dienone is 3. The van der Waals surface area contributed by atoms with Crippen LogP contribution in [0.25, 0.3) is 5.57 Å². The first-order valence-corrected chi connectivity index (χ1v) is 24.7. The highest BCUT2D eigenvalue weighted by Crippen LogP contribution is 2.76. The zero-order valence-corrected chi connectivity index (χ0v) is 37.9. The van der Waals surface area contributed by atoms with E-state index in [1.165, 1.54) is 56.1 Å². The van der Waals surface area contributed by atoms with E-state index >= 15 is 0 Å². The molecule has 2 aliphatic heterocycles. The zero-order valence-electron chi connectivity index (χ0n) is 37.1. The van der Waals surface area contributed by atoms with Crippen LogP contribution in [-0.4, -0.2) is 120 Å². The highest BCUT2D eigenvalue weighted by Gasteiger charge is 2.70. The summed E-state index contributed by atoms with van der Waals surface area (Å²) in [6.45, 7) is 22.6. The van der Waals surface area contributed by atoms with Crippen molar-refractivity contribution in [1.29, 1.82) is 0 Å². The first-order chi connectivity index (χ1) is 28.6. The summed E-state index contributed by atoms with van der Waals surface area (Å²) in [6.07, 6.45) is 3.80. The molecule has 0 spiro atoms. The van der Waals surface area contributed by atoms with Crippen LogP contribution in [-0.2, 0) is 24.1 Å². The Morgan fingerprint density at radius 2 is 1.57 bits per heavy atom. The lowest BCUT2D eigenvalue weighted by molar-refractivity contribution is -0.278. The minimum Gasteiger partial charge on any atom is -0.479 e. The maximum Gasteiger partial charge on any atom is 0.340 e. The van der Waals surface area contributed by atoms with E-state index in [4.69, 9.17) is 9.47 Å². The van der Waals surface area contributed by atoms with Crippen molar-refractivity contribution in [3.8, 4) is 0 Å². The summed E-state index contributed by atoms with van der Waals surface area (Å²) in [7, 11) is -2.90. The number of esters is 1. The van der Waals surface area contributed by atoms with Gasteiger partial charge in [0.05, 0.1) is 17.1 Å². The van der Waals surface area contributed by atoms with E-state index in [9.17, 15) is 38.4 Å². The molecular formula is C48H70N2O10S. The van der Waals surface area contributed by atoms with Gasteiger partial charge in [0, 0.05) is 31.7 Å². The number of carbonyl (C=O) groups excluding carboxylic acids is 1. The number of ether oxygens (including phenoxy) is 2. The lowest BCUT2D eigenvalue weighted by Crippen LogP contribution is -2.68. The fraction of sp³-hybridized carbons (Fsp3) is 0.750. The molecule has 2 heterocycles. The van der Waals surface area contributed by atoms with Gasteiger partial charge in [-0.15, -0.1) is 0 Å². The van der Waals surface area contributed by atoms with Gasteiger partial charge in [-0.25, -0.2) is 18.0 Å². The molecule has 5 N–H and O–H groups in total. The number of nitrogens with zero attached hydrogens (tertiary/aromatic N) is 1. The number of nitrogens with one attached hydrogen (secondary N) is 1. The predicted molar refractivity (Wildman–Crippen MR) is 232 cm³/mol. The van der Waals surface area contributed by atoms with Crippen molar-refractivity contribution in [3.05, 3.63) is 53.6 Å². The third kappa shape index (κ3) is 7.28. The lowest BCUT2D eigenvalue weighted by Gasteiger charge is -2.72. The third-order valence-electron chi connectivity index (χ3n) is 18.5. The molecule has 8 rings (SSSR count). The molecular weight excluding hydrogens is 797 g/mol. The number of sulfone groups is 1. The Hall–Kier alpha value is -2.65. The van der Waals surface area contributed by atoms with Crippen molar-refractivity contribution in [2.24, 2.45) is 51.2 Å². The second-order valence-corrected chi connectivity index (χ2v) is 23.8. The van der Waals surface area contributed by atoms with E-state index in [1.807, 2.05) is 12.1 Å². The van der Waals surface area contributed by atoms with E-state index in [2.05, 4.69) is 64.4 Å². The lowest BCUT2D eigenvalue weighted by atomic mass is 9.33. The number of benzene rings is 1. The molecule has 14 atom stereocenters. The molecule has 1 unspecified atom stereocenters. The number of aliphatic hydroxyl groups is 3. The molecule has 1 aromatic rings. The highest BCUT2D eigenvalue weighted by molar-refractivity contribution is 7.91. The minimum absolute atomic E-state index is 0.0943. The highest BCUT2D eigenvalue weighted by atomic mass is 32.2. The predicted octanol–water partition coefficient (Wildman–Crippen LogP) is 5.46. The molecule has 0 radical (unpaired) electrons. The van der Waals surface area contributed by atoms with E-state index in [1.54, 1.807) is 12.1 Å². The smallest absolute Gasteiger partial charge is 0.340 e. The van der Waals surface area contributed by atoms with Crippen LogP contribution >= 0.6 is 0 Å². The summed E-state index contributed by atoms with van der Waals surface area (Å²) in [6, 6.07) is 7.16. The first kappa shape index (κ1) is 44.9. The number of carboxylic acid groups (broad SMARTS) is 1. The summed E-state index contributed by atoms with van der Waals surface area (Å²) < 4.78 is 34.6. The molecule has 12 nitrogen and oxygen atoms in total. The van der Waals surface area contributed by atoms with Crippen LogP contribution < -0.4 is 5.32 Å². The van der Waals surface area contributed by atoms with E-state index < -0.39 is 52.5 Å². The molecule has 5 aliphatic carbocycles. The second kappa shape index (κ2) is 15.8. The van der Waals surface area contributed by atoms with Gasteiger partial charge in [0.1, 0.15) is 18.3 Å². The Bertz CT molecular complexity index is 2020. The summed E-state index contributed by atoms with van der Waals surface area (Å²) in [5.41, 5.74) is 4.25. The molecule has 0 bridgehead atoms. The van der Waals surface area contributed by atoms with Gasteiger partial charge in [-0.3, -0.25) is 0 Å². The van der Waals surface area contributed by atoms with Crippen LogP contribution in [0, 0.1) is 51.2 Å². The molecule has 338 valence electrons. The molecule has 1 aromatic carbocycles. The summed E-state index contributed by atoms with van der Waals surface area (Å²) in [4.78, 5) is 27.0. The molecule has 13 heteroatoms. The number of aliphatic hydroxyl groups excluding tert-OH is 3. The third-order valence-corrected chi connectivity index (χ3v) is 20.1. The largest absolute Gasteiger partial charge is 0.479 e. The Kier molecular flexibility index (Phi) is 11.6. The van der Waals surface area contributed by atoms with Gasteiger partial charge in [0.2, 0.25) is 6.29 Å². The van der Waals surface area contributed by atoms with Crippen LogP contribution in [0.15, 0.2) is 42.5 Å². The van der Waals surface area contributed by atoms with Gasteiger partial charge in [0.25, 0.3) is 0 Å². The van der Waals surface area contributed by atoms with Crippen LogP contribution in [0.2, 0.25) is 0 Å². The molecule has 0 aromatic heterocycles. The van der Waals surface area contributed by atoms with Crippen molar-refractivity contribution in [1.82, 2.24) is 10.2 Å². The molecule has 6 fully saturated rings. The van der Waals surface area contributed by atoms with Crippen molar-refractivity contribution >= 4 is 27.3 Å². The standard InChI is InChI=1S/C48H70N2O10S/c1-28(2)31-14-19-48(49-22-23-50-24-26-61(57,58)27-25-50)21-20-46(6)33(36(31)48)12-13-35-45(5)17-15-32(44(3,4)34(45)16-18-47(35,46)7)29-8-10-30(11-9-29)42(56)60-43-39(53)37(51)38(52)40(59-43)41(54)55/h8-11,15,31,33-40,43,49,51-53H,1,12-14,16-27H2,2-7H3,(H,54,55)/t31-,33+,34-,35+,36+,37-,38-,39?,40-,43+,45-,46+,47+,48-/m0/s1. The number of hydrogen-bond acceptors (Lipinski definition) is 11. The van der Waals surface area contributed by atoms with Gasteiger partial charge in [-0.05, 0) is 139 Å². The molecule has 4 saturated carbocycles. The van der Waals surface area contributed by atoms with Crippen molar-refractivity contribution < 1.29 is 47.9 Å². The number of fused-ring (bicyclic) bond motifs is 7. The summed E-state index contributed by atoms with van der Waals surface area (Å²) in [5, 5.41) is 44.1. The van der Waals surface area contributed by atoms with Gasteiger partial charge in [-0.2, -0.15) is 0 Å². The van der Waals surface area contributed by atoms with Crippen LogP contribution in [0.5, 0.6) is 0 Å². The maximum absolute atomic E-state index is 13.2. The van der Waals surface area contributed by atoms with E-state index in [0.29, 0.717) is 42.7 Å². The number of carbonyl (C=O) groups is 2. The van der Waals surface area contributed by atoms with Crippen molar-refractivity contribution in [2.45, 2.75) is 136 Å². The molecule has 2 saturated heterocycles. The molecule has 0 amide bonds. The van der Waals surface area contributed by atoms with Crippen LogP contribution in [0.4, 0.5) is 0 Å². The summed E-state index contributed by atoms with van der Waals surface area (Å²) >= 11 is 0. The Morgan fingerprint density at radius 3 is 2.23 bits per heavy atom. The quantitative estimate of drug-likeness (QED) is 0.157. The average molecular weight is 867 g/mol. The SMILES string of the molecule is C=C(C)[C@@H]1CC[C@]2(NCCN3CCS(=O)(=O)CC3)CC[C@]3(C)[C@H](CC[C@@H]4[C@@]5(C)CC=C(c6ccc(C(=O)O[C@H]7O[C@H](C(=O)O)[C@@H](O)[C@H](O)C7O)cc6)C(C)(C)[C@@H]5CC[C@]43C)[C@@H]12. The molecule has 61 heavy (non-hydrogen) atoms. The Balaban J connectivity index is 0.988. The van der Waals surface area contributed by atoms with Crippen LogP contribution in [0.3, 0.4) is 0 Å². The number of carboxylic acids is 1. The van der Waals surface area contributed by atoms with Gasteiger partial charge in [0.15, 0.2) is 15.9 Å². The van der Waals surface area contributed by atoms with E-state index in [-0.39, 0.29) is 44.3 Å². The van der Waals surface area contributed by atoms with Crippen LogP contribution in [0.1, 0.15) is 115 Å². The fourth-order valence-electron chi connectivity index (χ4n) is 15.1. The van der Waals surface area contributed by atoms with Crippen molar-refractivity contribution in [3.63, 3.8) is 0 Å². The molecule has 7 aliphatic rings. The second-order valence-electron chi connectivity index (χ2n) is 21.5. The zero-order chi connectivity index (χ0) is 44.1. The van der Waals surface area contributed by atoms with Gasteiger partial charge in [-0.1, -0.05) is 65.0 Å². The number of hydrogen-bond donors (Lipinski definition) is 5. The Labute approximate surface area is 362 Å². The van der Waals surface area contributed by atoms with E-state index in [0.717, 1.165) is 31.5 Å². The fourth-order valence-corrected chi connectivity index (χ4v) is 16.4. The monoisotopic (exact) mass is 866 g/mol. The van der Waals surface area contributed by atoms with Crippen molar-refractivity contribution in [2.75, 3.05) is 37.7 Å². The number of rotatable bonds is 9. The number of aliphatic carboxylic acids is 1. The Morgan fingerprint density at radius 1 is 0.885 bits per heavy atom. The maximum atomic E-state index is 13.2. The first-order valence-electron chi connectivity index (χ1n) is 22.9. The van der Waals surface area contributed by atoms with Gasteiger partial charge < -0.3 is 40.1 Å². The minimum atomic E-state index is -2.90. The topological polar surface area (TPSA) is 183 Å². The normalized spacial score (nSPS) is 44.0. The van der Waals surface area contributed by atoms with Gasteiger partial charge >= 0.3 is 11.9 Å². The summed E-state index contributed by atoms with van der Waals surface area (Å²) in [5.74, 6) is 0.839. The average Bonchev–Trinajstić information content (AvgIpc) is 3.59.